The molecule has 2 aromatic rings. The lowest BCUT2D eigenvalue weighted by atomic mass is 10.2. The minimum Gasteiger partial charge on any atom is -0.467 e. The number of hydrogen-bond acceptors (Lipinski definition) is 5. The summed E-state index contributed by atoms with van der Waals surface area (Å²) in [5.74, 6) is 0.755. The highest BCUT2D eigenvalue weighted by Gasteiger charge is 2.09. The summed E-state index contributed by atoms with van der Waals surface area (Å²) in [7, 11) is -3.73. The molecule has 0 unspecified atom stereocenters. The first kappa shape index (κ1) is 12.5. The van der Waals surface area contributed by atoms with Crippen molar-refractivity contribution < 1.29 is 12.8 Å². The van der Waals surface area contributed by atoms with Gasteiger partial charge < -0.3 is 15.5 Å². The van der Waals surface area contributed by atoms with Gasteiger partial charge in [0.15, 0.2) is 0 Å². The number of nitrogens with one attached hydrogen (secondary N) is 1. The van der Waals surface area contributed by atoms with E-state index in [1.807, 2.05) is 6.07 Å². The fraction of sp³-hybridized carbons (Fsp3) is 0.0909. The Morgan fingerprint density at radius 2 is 2.06 bits per heavy atom. The summed E-state index contributed by atoms with van der Waals surface area (Å²) >= 11 is 0. The molecule has 7 heteroatoms. The van der Waals surface area contributed by atoms with E-state index < -0.39 is 10.0 Å². The highest BCUT2D eigenvalue weighted by atomic mass is 32.2. The first-order valence-electron chi connectivity index (χ1n) is 5.15. The van der Waals surface area contributed by atoms with Gasteiger partial charge in [0.1, 0.15) is 5.76 Å². The molecule has 0 aliphatic heterocycles. The fourth-order valence-corrected chi connectivity index (χ4v) is 2.02. The van der Waals surface area contributed by atoms with Crippen LogP contribution in [0.1, 0.15) is 5.76 Å². The highest BCUT2D eigenvalue weighted by Crippen LogP contribution is 2.22. The van der Waals surface area contributed by atoms with Gasteiger partial charge in [0.05, 0.1) is 29.1 Å². The molecule has 6 nitrogen and oxygen atoms in total. The standard InChI is InChI=1S/C11H13N3O3S/c12-10-6-9(18(13,15)16)3-4-11(10)14-7-8-2-1-5-17-8/h1-6,14H,7,12H2,(H2,13,15,16). The van der Waals surface area contributed by atoms with Crippen LogP contribution < -0.4 is 16.2 Å². The van der Waals surface area contributed by atoms with Crippen molar-refractivity contribution in [3.63, 3.8) is 0 Å². The van der Waals surface area contributed by atoms with Crippen molar-refractivity contribution in [2.45, 2.75) is 11.4 Å². The summed E-state index contributed by atoms with van der Waals surface area (Å²) < 4.78 is 27.4. The zero-order chi connectivity index (χ0) is 13.2. The average Bonchev–Trinajstić information content (AvgIpc) is 2.79. The summed E-state index contributed by atoms with van der Waals surface area (Å²) in [5, 5.41) is 8.05. The number of benzene rings is 1. The minimum atomic E-state index is -3.73. The molecule has 0 saturated heterocycles. The third-order valence-corrected chi connectivity index (χ3v) is 3.30. The maximum absolute atomic E-state index is 11.1. The Kier molecular flexibility index (Phi) is 3.26. The van der Waals surface area contributed by atoms with E-state index in [0.29, 0.717) is 17.9 Å². The van der Waals surface area contributed by atoms with Crippen LogP contribution in [-0.4, -0.2) is 8.42 Å². The summed E-state index contributed by atoms with van der Waals surface area (Å²) in [5.41, 5.74) is 6.68. The van der Waals surface area contributed by atoms with Crippen LogP contribution in [0.2, 0.25) is 0 Å². The lowest BCUT2D eigenvalue weighted by molar-refractivity contribution is 0.518. The van der Waals surface area contributed by atoms with E-state index in [1.54, 1.807) is 18.4 Å². The van der Waals surface area contributed by atoms with Crippen molar-refractivity contribution >= 4 is 21.4 Å². The van der Waals surface area contributed by atoms with Gasteiger partial charge in [0.2, 0.25) is 10.0 Å². The highest BCUT2D eigenvalue weighted by molar-refractivity contribution is 7.89. The zero-order valence-electron chi connectivity index (χ0n) is 9.46. The van der Waals surface area contributed by atoms with Crippen LogP contribution >= 0.6 is 0 Å². The molecule has 0 radical (unpaired) electrons. The molecule has 1 aromatic heterocycles. The molecule has 1 aromatic carbocycles. The van der Waals surface area contributed by atoms with E-state index in [-0.39, 0.29) is 4.90 Å². The number of rotatable bonds is 4. The van der Waals surface area contributed by atoms with E-state index in [1.165, 1.54) is 12.1 Å². The van der Waals surface area contributed by atoms with Crippen LogP contribution in [0.3, 0.4) is 0 Å². The van der Waals surface area contributed by atoms with Crippen molar-refractivity contribution in [3.05, 3.63) is 42.4 Å². The van der Waals surface area contributed by atoms with Crippen LogP contribution in [0.15, 0.2) is 45.9 Å². The first-order chi connectivity index (χ1) is 8.47. The Morgan fingerprint density at radius 1 is 1.28 bits per heavy atom. The number of nitrogens with two attached hydrogens (primary N) is 2. The molecule has 0 fully saturated rings. The second-order valence-corrected chi connectivity index (χ2v) is 5.29. The molecule has 0 bridgehead atoms. The zero-order valence-corrected chi connectivity index (χ0v) is 10.3. The maximum Gasteiger partial charge on any atom is 0.238 e. The van der Waals surface area contributed by atoms with Gasteiger partial charge in [-0.25, -0.2) is 13.6 Å². The monoisotopic (exact) mass is 267 g/mol. The summed E-state index contributed by atoms with van der Waals surface area (Å²) in [6.07, 6.45) is 1.57. The molecule has 0 amide bonds. The van der Waals surface area contributed by atoms with Crippen molar-refractivity contribution in [2.75, 3.05) is 11.1 Å². The predicted molar refractivity (Wildman–Crippen MR) is 68.3 cm³/mol. The fourth-order valence-electron chi connectivity index (χ4n) is 1.47. The molecule has 5 N–H and O–H groups in total. The Bertz CT molecular complexity index is 636. The summed E-state index contributed by atoms with van der Waals surface area (Å²) in [6.45, 7) is 0.464. The number of hydrogen-bond donors (Lipinski definition) is 3. The van der Waals surface area contributed by atoms with E-state index in [0.717, 1.165) is 5.76 Å². The van der Waals surface area contributed by atoms with Crippen LogP contribution in [-0.2, 0) is 16.6 Å². The van der Waals surface area contributed by atoms with Gasteiger partial charge in [-0.3, -0.25) is 0 Å². The Morgan fingerprint density at radius 3 is 2.61 bits per heavy atom. The number of sulfonamides is 1. The van der Waals surface area contributed by atoms with E-state index >= 15 is 0 Å². The van der Waals surface area contributed by atoms with Gasteiger partial charge in [-0.1, -0.05) is 0 Å². The number of furan rings is 1. The lowest BCUT2D eigenvalue weighted by Crippen LogP contribution is -2.13. The molecule has 0 atom stereocenters. The van der Waals surface area contributed by atoms with E-state index in [9.17, 15) is 8.42 Å². The topological polar surface area (TPSA) is 111 Å². The number of primary sulfonamides is 1. The Hall–Kier alpha value is -1.99. The van der Waals surface area contributed by atoms with Gasteiger partial charge >= 0.3 is 0 Å². The first-order valence-corrected chi connectivity index (χ1v) is 6.70. The quantitative estimate of drug-likeness (QED) is 0.719. The molecule has 0 aliphatic carbocycles. The van der Waals surface area contributed by atoms with Gasteiger partial charge in [0.25, 0.3) is 0 Å². The molecular formula is C11H13N3O3S. The SMILES string of the molecule is Nc1cc(S(N)(=O)=O)ccc1NCc1ccco1. The van der Waals surface area contributed by atoms with Crippen LogP contribution in [0.4, 0.5) is 11.4 Å². The summed E-state index contributed by atoms with van der Waals surface area (Å²) in [6, 6.07) is 7.89. The van der Waals surface area contributed by atoms with Crippen molar-refractivity contribution in [3.8, 4) is 0 Å². The van der Waals surface area contributed by atoms with Crippen molar-refractivity contribution in [1.82, 2.24) is 0 Å². The predicted octanol–water partition coefficient (Wildman–Crippen LogP) is 1.12. The van der Waals surface area contributed by atoms with Crippen molar-refractivity contribution in [2.24, 2.45) is 5.14 Å². The van der Waals surface area contributed by atoms with Crippen molar-refractivity contribution in [1.29, 1.82) is 0 Å². The summed E-state index contributed by atoms with van der Waals surface area (Å²) in [4.78, 5) is -0.0106. The van der Waals surface area contributed by atoms with Gasteiger partial charge in [-0.2, -0.15) is 0 Å². The normalized spacial score (nSPS) is 11.4. The minimum absolute atomic E-state index is 0.0106. The van der Waals surface area contributed by atoms with Crippen LogP contribution in [0, 0.1) is 0 Å². The molecule has 96 valence electrons. The Balaban J connectivity index is 2.15. The Labute approximate surface area is 105 Å². The molecule has 18 heavy (non-hydrogen) atoms. The third-order valence-electron chi connectivity index (χ3n) is 2.38. The smallest absolute Gasteiger partial charge is 0.238 e. The lowest BCUT2D eigenvalue weighted by Gasteiger charge is -2.09. The second-order valence-electron chi connectivity index (χ2n) is 3.73. The van der Waals surface area contributed by atoms with Gasteiger partial charge in [-0.15, -0.1) is 0 Å². The van der Waals surface area contributed by atoms with E-state index in [4.69, 9.17) is 15.3 Å². The van der Waals surface area contributed by atoms with Gasteiger partial charge in [0, 0.05) is 0 Å². The van der Waals surface area contributed by atoms with E-state index in [2.05, 4.69) is 5.32 Å². The van der Waals surface area contributed by atoms with Crippen LogP contribution in [0.5, 0.6) is 0 Å². The number of nitrogen functional groups attached to an aromatic ring is 1. The third kappa shape index (κ3) is 2.82. The number of anilines is 2. The van der Waals surface area contributed by atoms with Gasteiger partial charge in [-0.05, 0) is 30.3 Å². The molecule has 0 saturated carbocycles. The maximum atomic E-state index is 11.1. The molecule has 0 spiro atoms. The van der Waals surface area contributed by atoms with Crippen LogP contribution in [0.25, 0.3) is 0 Å². The molecule has 1 heterocycles. The average molecular weight is 267 g/mol. The molecular weight excluding hydrogens is 254 g/mol. The molecule has 2 rings (SSSR count). The second kappa shape index (κ2) is 4.71. The largest absolute Gasteiger partial charge is 0.467 e. The molecule has 0 aliphatic rings.